The highest BCUT2D eigenvalue weighted by Crippen LogP contribution is 2.30. The van der Waals surface area contributed by atoms with Gasteiger partial charge in [0, 0.05) is 5.75 Å². The highest BCUT2D eigenvalue weighted by molar-refractivity contribution is 7.99. The van der Waals surface area contributed by atoms with Crippen molar-refractivity contribution in [3.05, 3.63) is 35.4 Å². The summed E-state index contributed by atoms with van der Waals surface area (Å²) in [5.41, 5.74) is 2.78. The van der Waals surface area contributed by atoms with Gasteiger partial charge in [-0.15, -0.1) is 0 Å². The zero-order valence-electron chi connectivity index (χ0n) is 11.0. The second-order valence-electron chi connectivity index (χ2n) is 4.77. The molecule has 3 N–H and O–H groups in total. The molecule has 1 rings (SSSR count). The second kappa shape index (κ2) is 7.17. The molecule has 2 nitrogen and oxygen atoms in total. The number of nitrogens with two attached hydrogens (primary N) is 1. The second-order valence-corrected chi connectivity index (χ2v) is 5.85. The Kier molecular flexibility index (Phi) is 6.16. The van der Waals surface area contributed by atoms with Crippen molar-refractivity contribution in [3.63, 3.8) is 0 Å². The van der Waals surface area contributed by atoms with Gasteiger partial charge in [0.25, 0.3) is 0 Å². The lowest BCUT2D eigenvalue weighted by atomic mass is 10.1. The lowest BCUT2D eigenvalue weighted by Crippen LogP contribution is -2.30. The van der Waals surface area contributed by atoms with Crippen LogP contribution in [0.1, 0.15) is 31.0 Å². The van der Waals surface area contributed by atoms with Crippen molar-refractivity contribution in [1.82, 2.24) is 5.43 Å². The third-order valence-corrected chi connectivity index (χ3v) is 4.05. The molecular weight excluding hydrogens is 273 g/mol. The number of thioether (sulfide) groups is 1. The third kappa shape index (κ3) is 5.42. The lowest BCUT2D eigenvalue weighted by molar-refractivity contribution is -0.137. The van der Waals surface area contributed by atoms with Gasteiger partial charge in [-0.25, -0.2) is 0 Å². The molecule has 1 atom stereocenters. The van der Waals surface area contributed by atoms with Crippen LogP contribution in [0.5, 0.6) is 0 Å². The van der Waals surface area contributed by atoms with E-state index in [4.69, 9.17) is 5.84 Å². The normalized spacial score (nSPS) is 13.8. The fraction of sp³-hybridized carbons (Fsp3) is 0.538. The first kappa shape index (κ1) is 16.3. The summed E-state index contributed by atoms with van der Waals surface area (Å²) >= 11 is 1.73. The maximum atomic E-state index is 12.4. The Morgan fingerprint density at radius 1 is 1.16 bits per heavy atom. The van der Waals surface area contributed by atoms with Gasteiger partial charge in [-0.3, -0.25) is 11.3 Å². The quantitative estimate of drug-likeness (QED) is 0.621. The van der Waals surface area contributed by atoms with E-state index in [1.807, 2.05) is 0 Å². The van der Waals surface area contributed by atoms with E-state index in [2.05, 4.69) is 19.3 Å². The van der Waals surface area contributed by atoms with Gasteiger partial charge in [0.15, 0.2) is 0 Å². The van der Waals surface area contributed by atoms with Crippen molar-refractivity contribution in [2.45, 2.75) is 26.1 Å². The molecule has 0 aliphatic heterocycles. The van der Waals surface area contributed by atoms with Gasteiger partial charge >= 0.3 is 6.18 Å². The van der Waals surface area contributed by atoms with Gasteiger partial charge in [-0.05, 0) is 29.4 Å². The molecule has 0 radical (unpaired) electrons. The monoisotopic (exact) mass is 292 g/mol. The van der Waals surface area contributed by atoms with Crippen molar-refractivity contribution in [2.75, 3.05) is 11.5 Å². The number of hydrogen-bond acceptors (Lipinski definition) is 3. The Balaban J connectivity index is 2.66. The smallest absolute Gasteiger partial charge is 0.271 e. The Bertz CT molecular complexity index is 376. The summed E-state index contributed by atoms with van der Waals surface area (Å²) < 4.78 is 37.3. The number of hydrazine groups is 1. The van der Waals surface area contributed by atoms with Gasteiger partial charge in [-0.1, -0.05) is 26.0 Å². The summed E-state index contributed by atoms with van der Waals surface area (Å²) in [4.78, 5) is 0. The summed E-state index contributed by atoms with van der Waals surface area (Å²) in [6.45, 7) is 4.24. The number of nitrogens with one attached hydrogen (secondary N) is 1. The summed E-state index contributed by atoms with van der Waals surface area (Å²) in [5, 5.41) is 0. The molecule has 6 heteroatoms. The molecular formula is C13H19F3N2S. The molecule has 1 aromatic carbocycles. The van der Waals surface area contributed by atoms with Gasteiger partial charge in [0.2, 0.25) is 0 Å². The van der Waals surface area contributed by atoms with Crippen LogP contribution < -0.4 is 11.3 Å². The van der Waals surface area contributed by atoms with E-state index in [0.717, 1.165) is 29.2 Å². The average molecular weight is 292 g/mol. The number of rotatable bonds is 6. The van der Waals surface area contributed by atoms with E-state index >= 15 is 0 Å². The zero-order chi connectivity index (χ0) is 14.5. The van der Waals surface area contributed by atoms with Crippen LogP contribution in [0.4, 0.5) is 13.2 Å². The van der Waals surface area contributed by atoms with Crippen LogP contribution in [-0.2, 0) is 6.18 Å². The minimum absolute atomic E-state index is 0.133. The van der Waals surface area contributed by atoms with Crippen molar-refractivity contribution >= 4 is 11.8 Å². The predicted octanol–water partition coefficient (Wildman–Crippen LogP) is 3.60. The number of hydrogen-bond donors (Lipinski definition) is 2. The molecule has 108 valence electrons. The van der Waals surface area contributed by atoms with E-state index in [1.165, 1.54) is 12.1 Å². The van der Waals surface area contributed by atoms with Crippen molar-refractivity contribution in [2.24, 2.45) is 11.8 Å². The van der Waals surface area contributed by atoms with Crippen LogP contribution in [0.25, 0.3) is 0 Å². The van der Waals surface area contributed by atoms with Crippen LogP contribution in [0.15, 0.2) is 24.3 Å². The molecule has 0 aromatic heterocycles. The highest BCUT2D eigenvalue weighted by Gasteiger charge is 2.30. The SMILES string of the molecule is CC(C)CSCC(NN)c1ccc(C(F)(F)F)cc1. The van der Waals surface area contributed by atoms with Crippen LogP contribution >= 0.6 is 11.8 Å². The summed E-state index contributed by atoms with van der Waals surface area (Å²) in [6.07, 6.45) is -4.30. The molecule has 0 amide bonds. The molecule has 0 aliphatic rings. The number of benzene rings is 1. The first-order valence-corrected chi connectivity index (χ1v) is 7.21. The van der Waals surface area contributed by atoms with Crippen LogP contribution in [0, 0.1) is 5.92 Å². The average Bonchev–Trinajstić information content (AvgIpc) is 2.33. The molecule has 0 heterocycles. The molecule has 0 saturated heterocycles. The summed E-state index contributed by atoms with van der Waals surface area (Å²) in [6, 6.07) is 5.00. The van der Waals surface area contributed by atoms with Crippen LogP contribution in [-0.4, -0.2) is 11.5 Å². The first-order valence-electron chi connectivity index (χ1n) is 6.05. The third-order valence-electron chi connectivity index (χ3n) is 2.58. The number of halogens is 3. The Hall–Kier alpha value is -0.720. The van der Waals surface area contributed by atoms with Gasteiger partial charge in [-0.2, -0.15) is 24.9 Å². The topological polar surface area (TPSA) is 38.0 Å². The van der Waals surface area contributed by atoms with E-state index in [0.29, 0.717) is 5.92 Å². The van der Waals surface area contributed by atoms with E-state index in [9.17, 15) is 13.2 Å². The molecule has 0 spiro atoms. The first-order chi connectivity index (χ1) is 8.84. The molecule has 19 heavy (non-hydrogen) atoms. The highest BCUT2D eigenvalue weighted by atomic mass is 32.2. The van der Waals surface area contributed by atoms with E-state index in [1.54, 1.807) is 11.8 Å². The maximum Gasteiger partial charge on any atom is 0.416 e. The summed E-state index contributed by atoms with van der Waals surface area (Å²) in [5.74, 6) is 7.77. The molecule has 0 bridgehead atoms. The molecule has 0 saturated carbocycles. The van der Waals surface area contributed by atoms with Gasteiger partial charge < -0.3 is 0 Å². The van der Waals surface area contributed by atoms with Crippen molar-refractivity contribution in [3.8, 4) is 0 Å². The Morgan fingerprint density at radius 2 is 1.74 bits per heavy atom. The Labute approximate surface area is 115 Å². The minimum Gasteiger partial charge on any atom is -0.271 e. The number of alkyl halides is 3. The van der Waals surface area contributed by atoms with Crippen LogP contribution in [0.3, 0.4) is 0 Å². The van der Waals surface area contributed by atoms with Crippen LogP contribution in [0.2, 0.25) is 0 Å². The molecule has 1 unspecified atom stereocenters. The summed E-state index contributed by atoms with van der Waals surface area (Å²) in [7, 11) is 0. The largest absolute Gasteiger partial charge is 0.416 e. The lowest BCUT2D eigenvalue weighted by Gasteiger charge is -2.17. The molecule has 0 aliphatic carbocycles. The van der Waals surface area contributed by atoms with Gasteiger partial charge in [0.05, 0.1) is 11.6 Å². The van der Waals surface area contributed by atoms with E-state index in [-0.39, 0.29) is 6.04 Å². The van der Waals surface area contributed by atoms with Crippen molar-refractivity contribution < 1.29 is 13.2 Å². The zero-order valence-corrected chi connectivity index (χ0v) is 11.8. The fourth-order valence-electron chi connectivity index (χ4n) is 1.57. The predicted molar refractivity (Wildman–Crippen MR) is 73.7 cm³/mol. The Morgan fingerprint density at radius 3 is 2.16 bits per heavy atom. The minimum atomic E-state index is -4.30. The fourth-order valence-corrected chi connectivity index (χ4v) is 2.70. The van der Waals surface area contributed by atoms with Gasteiger partial charge in [0.1, 0.15) is 0 Å². The molecule has 1 aromatic rings. The van der Waals surface area contributed by atoms with E-state index < -0.39 is 11.7 Å². The van der Waals surface area contributed by atoms with Crippen molar-refractivity contribution in [1.29, 1.82) is 0 Å². The molecule has 0 fully saturated rings. The maximum absolute atomic E-state index is 12.4. The standard InChI is InChI=1S/C13H19F3N2S/c1-9(2)7-19-8-12(18-17)10-3-5-11(6-4-10)13(14,15)16/h3-6,9,12,18H,7-8,17H2,1-2H3.